The number of carbonyl (C=O) groups excluding carboxylic acids is 2. The number of amides is 2. The number of β-lactam (4-membered cyclic amide) rings is 1. The number of aliphatic carboxylic acids is 1. The summed E-state index contributed by atoms with van der Waals surface area (Å²) in [4.78, 5) is 58.6. The molecule has 2 amide bonds. The molecule has 0 radical (unpaired) electrons. The number of carboxylic acid groups (broad SMARTS) is 1. The second kappa shape index (κ2) is 12.4. The second-order valence-electron chi connectivity index (χ2n) is 10.2. The average Bonchev–Trinajstić information content (AvgIpc) is 3.45. The highest BCUT2D eigenvalue weighted by Gasteiger charge is 2.57. The van der Waals surface area contributed by atoms with Crippen molar-refractivity contribution in [2.45, 2.75) is 15.6 Å². The van der Waals surface area contributed by atoms with Crippen LogP contribution in [0.3, 0.4) is 0 Å². The van der Waals surface area contributed by atoms with Crippen molar-refractivity contribution in [1.82, 2.24) is 15.2 Å². The van der Waals surface area contributed by atoms with Crippen LogP contribution >= 0.6 is 46.2 Å². The molecule has 3 aromatic rings. The van der Waals surface area contributed by atoms with Crippen LogP contribution in [0.1, 0.15) is 5.69 Å². The number of oxime groups is 1. The maximum atomic E-state index is 13.0. The first-order valence-electron chi connectivity index (χ1n) is 13.3. The number of fused-ring (bicyclic) bond motifs is 2. The molecule has 0 saturated carbocycles. The van der Waals surface area contributed by atoms with E-state index in [9.17, 15) is 29.5 Å². The Bertz CT molecular complexity index is 1750. The molecule has 1 aromatic carbocycles. The van der Waals surface area contributed by atoms with Gasteiger partial charge in [0.1, 0.15) is 22.5 Å². The summed E-state index contributed by atoms with van der Waals surface area (Å²) < 4.78 is 6.99. The minimum atomic E-state index is -1.36. The molecule has 17 heteroatoms. The van der Waals surface area contributed by atoms with Gasteiger partial charge in [0.25, 0.3) is 5.91 Å². The monoisotopic (exact) mass is 674 g/mol. The normalized spacial score (nSPS) is 23.9. The molecule has 230 valence electrons. The van der Waals surface area contributed by atoms with Gasteiger partial charge in [0.2, 0.25) is 5.91 Å². The third-order valence-corrected chi connectivity index (χ3v) is 11.8. The molecule has 2 aromatic heterocycles. The molecule has 5 heterocycles. The predicted molar refractivity (Wildman–Crippen MR) is 171 cm³/mol. The third kappa shape index (κ3) is 5.77. The van der Waals surface area contributed by atoms with Crippen molar-refractivity contribution < 1.29 is 29.4 Å². The van der Waals surface area contributed by atoms with Crippen molar-refractivity contribution in [2.75, 3.05) is 49.2 Å². The molecule has 2 unspecified atom stereocenters. The quantitative estimate of drug-likeness (QED) is 0.0897. The van der Waals surface area contributed by atoms with Gasteiger partial charge in [-0.3, -0.25) is 19.2 Å². The van der Waals surface area contributed by atoms with E-state index in [0.29, 0.717) is 22.8 Å². The Morgan fingerprint density at radius 3 is 2.75 bits per heavy atom. The molecule has 3 atom stereocenters. The van der Waals surface area contributed by atoms with E-state index >= 15 is 0 Å². The van der Waals surface area contributed by atoms with Gasteiger partial charge in [0.15, 0.2) is 16.3 Å². The lowest BCUT2D eigenvalue weighted by atomic mass is 9.87. The minimum Gasteiger partial charge on any atom is -0.481 e. The molecular weight excluding hydrogens is 649 g/mol. The van der Waals surface area contributed by atoms with Crippen LogP contribution in [0.4, 0.5) is 10.8 Å². The predicted octanol–water partition coefficient (Wildman–Crippen LogP) is 2.09. The smallest absolute Gasteiger partial charge is 0.316 e. The van der Waals surface area contributed by atoms with Crippen molar-refractivity contribution in [1.29, 1.82) is 0 Å². The highest BCUT2D eigenvalue weighted by molar-refractivity contribution is 8.04. The van der Waals surface area contributed by atoms with Crippen LogP contribution in [0.25, 0.3) is 10.1 Å². The van der Waals surface area contributed by atoms with Gasteiger partial charge in [0, 0.05) is 52.6 Å². The number of thioether (sulfide) groups is 2. The summed E-state index contributed by atoms with van der Waals surface area (Å²) in [6.07, 6.45) is 1.57. The standard InChI is InChI=1S/C27H26N6O7S4/c28-26-29-16(11-42-26)20(31-39)22(35)30-21-23(36)33-12-27(25(37)38,13-43-24(21)33)3-8-41-19-10-17(34)15-2-1-14(9-18(15)44-19)32-4-6-40-7-5-32/h1-3,8-11,21,24,39H,4-7,12-13H2,(H2,28,29)(H,30,35)(H,37,38)/t21?,24-,27?/m1/s1. The number of aromatic nitrogens is 1. The van der Waals surface area contributed by atoms with E-state index < -0.39 is 34.6 Å². The van der Waals surface area contributed by atoms with Gasteiger partial charge in [-0.25, -0.2) is 4.98 Å². The fourth-order valence-electron chi connectivity index (χ4n) is 5.14. The van der Waals surface area contributed by atoms with Crippen LogP contribution < -0.4 is 21.4 Å². The van der Waals surface area contributed by atoms with Gasteiger partial charge in [-0.1, -0.05) is 23.0 Å². The summed E-state index contributed by atoms with van der Waals surface area (Å²) in [7, 11) is 0. The number of hydrogen-bond acceptors (Lipinski definition) is 14. The van der Waals surface area contributed by atoms with Crippen molar-refractivity contribution in [3.8, 4) is 0 Å². The molecule has 3 fully saturated rings. The van der Waals surface area contributed by atoms with Crippen LogP contribution in [-0.2, 0) is 19.1 Å². The SMILES string of the molecule is Nc1nc(C(=NO)C(=O)NC2C(=O)N3CC(C=CSc4cc(=O)c5ccc(N6CCOCC6)cc5s4)(C(=O)O)CS[C@H]23)cs1. The van der Waals surface area contributed by atoms with E-state index in [4.69, 9.17) is 10.5 Å². The number of anilines is 2. The highest BCUT2D eigenvalue weighted by Crippen LogP contribution is 2.44. The number of carboxylic acids is 1. The Kier molecular flexibility index (Phi) is 8.56. The van der Waals surface area contributed by atoms with E-state index in [2.05, 4.69) is 20.4 Å². The summed E-state index contributed by atoms with van der Waals surface area (Å²) >= 11 is 5.02. The first-order valence-corrected chi connectivity index (χ1v) is 17.0. The number of nitrogens with one attached hydrogen (secondary N) is 1. The summed E-state index contributed by atoms with van der Waals surface area (Å²) in [5.41, 5.74) is 4.85. The number of morpholine rings is 1. The van der Waals surface area contributed by atoms with Crippen LogP contribution in [0.5, 0.6) is 0 Å². The van der Waals surface area contributed by atoms with Gasteiger partial charge in [-0.15, -0.1) is 34.4 Å². The summed E-state index contributed by atoms with van der Waals surface area (Å²) in [6, 6.07) is 6.42. The highest BCUT2D eigenvalue weighted by atomic mass is 32.2. The molecule has 44 heavy (non-hydrogen) atoms. The van der Waals surface area contributed by atoms with Crippen molar-refractivity contribution >= 4 is 90.6 Å². The van der Waals surface area contributed by atoms with E-state index in [1.807, 2.05) is 18.2 Å². The molecule has 5 N–H and O–H groups in total. The van der Waals surface area contributed by atoms with Crippen LogP contribution in [0.2, 0.25) is 0 Å². The maximum absolute atomic E-state index is 13.0. The molecule has 13 nitrogen and oxygen atoms in total. The van der Waals surface area contributed by atoms with E-state index in [0.717, 1.165) is 34.8 Å². The average molecular weight is 675 g/mol. The molecule has 3 aliphatic rings. The Labute approximate surface area is 266 Å². The Hall–Kier alpha value is -3.64. The molecule has 0 bridgehead atoms. The van der Waals surface area contributed by atoms with Crippen molar-refractivity contribution in [3.63, 3.8) is 0 Å². The van der Waals surface area contributed by atoms with E-state index in [1.54, 1.807) is 17.6 Å². The summed E-state index contributed by atoms with van der Waals surface area (Å²) in [6.45, 7) is 2.78. The molecule has 0 aliphatic carbocycles. The number of ether oxygens (including phenoxy) is 1. The van der Waals surface area contributed by atoms with Gasteiger partial charge in [-0.05, 0) is 23.6 Å². The number of nitrogens with zero attached hydrogens (tertiary/aromatic N) is 4. The zero-order chi connectivity index (χ0) is 31.0. The van der Waals surface area contributed by atoms with E-state index in [1.165, 1.54) is 45.1 Å². The third-order valence-electron chi connectivity index (χ3n) is 7.54. The largest absolute Gasteiger partial charge is 0.481 e. The van der Waals surface area contributed by atoms with Gasteiger partial charge in [0.05, 0.1) is 17.4 Å². The molecular formula is C27H26N6O7S4. The Balaban J connectivity index is 1.13. The summed E-state index contributed by atoms with van der Waals surface area (Å²) in [5, 5.41) is 28.6. The van der Waals surface area contributed by atoms with E-state index in [-0.39, 0.29) is 34.3 Å². The van der Waals surface area contributed by atoms with Crippen LogP contribution in [-0.4, -0.2) is 93.7 Å². The fourth-order valence-corrected chi connectivity index (χ4v) is 9.31. The van der Waals surface area contributed by atoms with Crippen molar-refractivity contribution in [3.05, 3.63) is 57.0 Å². The lowest BCUT2D eigenvalue weighted by Crippen LogP contribution is -2.73. The van der Waals surface area contributed by atoms with Gasteiger partial charge in [-0.2, -0.15) is 0 Å². The zero-order valence-corrected chi connectivity index (χ0v) is 26.1. The lowest BCUT2D eigenvalue weighted by Gasteiger charge is -2.53. The van der Waals surface area contributed by atoms with Gasteiger partial charge < -0.3 is 35.9 Å². The first-order chi connectivity index (χ1) is 21.2. The zero-order valence-electron chi connectivity index (χ0n) is 22.9. The number of nitrogens with two attached hydrogens (primary N) is 1. The number of nitrogen functional groups attached to an aromatic ring is 1. The van der Waals surface area contributed by atoms with Crippen LogP contribution in [0.15, 0.2) is 55.3 Å². The number of hydrogen-bond donors (Lipinski definition) is 4. The topological polar surface area (TPSA) is 188 Å². The molecule has 3 aliphatic heterocycles. The fraction of sp³-hybridized carbons (Fsp3) is 0.333. The lowest BCUT2D eigenvalue weighted by molar-refractivity contribution is -0.156. The molecule has 0 spiro atoms. The second-order valence-corrected chi connectivity index (χ2v) is 14.5. The number of carbonyl (C=O) groups is 3. The maximum Gasteiger partial charge on any atom is 0.316 e. The van der Waals surface area contributed by atoms with Gasteiger partial charge >= 0.3 is 5.97 Å². The minimum absolute atomic E-state index is 0.0777. The summed E-state index contributed by atoms with van der Waals surface area (Å²) in [5.74, 6) is -2.17. The van der Waals surface area contributed by atoms with Crippen molar-refractivity contribution in [2.24, 2.45) is 10.6 Å². The number of thiazole rings is 1. The first kappa shape index (κ1) is 30.4. The Morgan fingerprint density at radius 2 is 2.05 bits per heavy atom. The number of benzene rings is 1. The van der Waals surface area contributed by atoms with Crippen LogP contribution in [0, 0.1) is 5.41 Å². The Morgan fingerprint density at radius 1 is 1.25 bits per heavy atom. The number of rotatable bonds is 8. The molecule has 3 saturated heterocycles. The molecule has 6 rings (SSSR count).